The van der Waals surface area contributed by atoms with Gasteiger partial charge in [-0.2, -0.15) is 0 Å². The Morgan fingerprint density at radius 2 is 1.38 bits per heavy atom. The van der Waals surface area contributed by atoms with Gasteiger partial charge in [-0.15, -0.1) is 0 Å². The molecule has 0 aromatic carbocycles. The van der Waals surface area contributed by atoms with Crippen molar-refractivity contribution in [2.45, 2.75) is 116 Å². The van der Waals surface area contributed by atoms with E-state index in [0.29, 0.717) is 25.9 Å². The van der Waals surface area contributed by atoms with Crippen LogP contribution in [-0.4, -0.2) is 78.3 Å². The third-order valence-electron chi connectivity index (χ3n) is 5.97. The molecule has 0 bridgehead atoms. The van der Waals surface area contributed by atoms with Gasteiger partial charge in [0, 0.05) is 38.4 Å². The summed E-state index contributed by atoms with van der Waals surface area (Å²) < 4.78 is 5.85. The monoisotopic (exact) mass is 502 g/mol. The van der Waals surface area contributed by atoms with Crippen LogP contribution in [0.3, 0.4) is 0 Å². The Morgan fingerprint density at radius 3 is 1.94 bits per heavy atom. The zero-order chi connectivity index (χ0) is 25.4. The summed E-state index contributed by atoms with van der Waals surface area (Å²) in [7, 11) is 4.00. The Hall–Kier alpha value is -0.790. The zero-order valence-electron chi connectivity index (χ0n) is 22.7. The van der Waals surface area contributed by atoms with Crippen molar-refractivity contribution in [2.75, 3.05) is 46.1 Å². The molecule has 0 heterocycles. The molecule has 0 rings (SSSR count). The Labute approximate surface area is 214 Å². The fourth-order valence-electron chi connectivity index (χ4n) is 3.82. The predicted octanol–water partition coefficient (Wildman–Crippen LogP) is 6.50. The van der Waals surface area contributed by atoms with Crippen molar-refractivity contribution in [3.63, 3.8) is 0 Å². The molecule has 0 aliphatic heterocycles. The van der Waals surface area contributed by atoms with E-state index < -0.39 is 0 Å². The van der Waals surface area contributed by atoms with Gasteiger partial charge in [0.15, 0.2) is 0 Å². The zero-order valence-corrected chi connectivity index (χ0v) is 23.5. The van der Waals surface area contributed by atoms with E-state index in [1.54, 1.807) is 0 Å². The second-order valence-electron chi connectivity index (χ2n) is 9.60. The number of esters is 1. The van der Waals surface area contributed by atoms with Crippen LogP contribution in [0.25, 0.3) is 0 Å². The molecule has 1 amide bonds. The number of carbonyl (C=O) groups is 2. The van der Waals surface area contributed by atoms with Crippen molar-refractivity contribution in [3.05, 3.63) is 0 Å². The Balaban J connectivity index is 4.27. The summed E-state index contributed by atoms with van der Waals surface area (Å²) in [5.74, 6) is 0.703. The van der Waals surface area contributed by atoms with Crippen LogP contribution < -0.4 is 0 Å². The van der Waals surface area contributed by atoms with Crippen molar-refractivity contribution >= 4 is 23.0 Å². The predicted molar refractivity (Wildman–Crippen MR) is 146 cm³/mol. The molecule has 0 fully saturated rings. The number of amides is 1. The maximum atomic E-state index is 12.5. The number of ether oxygens (including phenoxy) is 1. The number of aliphatic hydroxyl groups excluding tert-OH is 1. The summed E-state index contributed by atoms with van der Waals surface area (Å²) in [6, 6.07) is 0. The third-order valence-corrected chi connectivity index (χ3v) is 6.87. The van der Waals surface area contributed by atoms with Gasteiger partial charge in [-0.25, -0.2) is 0 Å². The van der Waals surface area contributed by atoms with Crippen LogP contribution in [0.1, 0.15) is 110 Å². The first-order valence-corrected chi connectivity index (χ1v) is 14.8. The van der Waals surface area contributed by atoms with Gasteiger partial charge in [0.25, 0.3) is 5.24 Å². The van der Waals surface area contributed by atoms with Gasteiger partial charge in [-0.3, -0.25) is 9.59 Å². The van der Waals surface area contributed by atoms with E-state index in [9.17, 15) is 9.59 Å². The number of aliphatic hydroxyl groups is 1. The number of hydrogen-bond donors (Lipinski definition) is 1. The molecule has 0 saturated heterocycles. The minimum atomic E-state index is -0.0663. The summed E-state index contributed by atoms with van der Waals surface area (Å²) in [4.78, 5) is 28.8. The normalized spacial score (nSPS) is 11.4. The van der Waals surface area contributed by atoms with Crippen LogP contribution in [-0.2, 0) is 9.53 Å². The maximum Gasteiger partial charge on any atom is 0.306 e. The molecule has 0 unspecified atom stereocenters. The largest absolute Gasteiger partial charge is 0.462 e. The van der Waals surface area contributed by atoms with Gasteiger partial charge in [0.1, 0.15) is 6.10 Å². The highest BCUT2D eigenvalue weighted by Gasteiger charge is 2.16. The summed E-state index contributed by atoms with van der Waals surface area (Å²) >= 11 is 1.35. The average molecular weight is 503 g/mol. The topological polar surface area (TPSA) is 70.1 Å². The van der Waals surface area contributed by atoms with Gasteiger partial charge in [-0.05, 0) is 59.0 Å². The minimum Gasteiger partial charge on any atom is -0.462 e. The summed E-state index contributed by atoms with van der Waals surface area (Å²) in [5.41, 5.74) is 0. The average Bonchev–Trinajstić information content (AvgIpc) is 2.80. The van der Waals surface area contributed by atoms with Gasteiger partial charge in [0.2, 0.25) is 0 Å². The number of hydrogen-bond acceptors (Lipinski definition) is 6. The van der Waals surface area contributed by atoms with E-state index in [1.165, 1.54) is 50.3 Å². The molecule has 0 aromatic rings. The van der Waals surface area contributed by atoms with Crippen molar-refractivity contribution in [3.8, 4) is 0 Å². The second-order valence-corrected chi connectivity index (χ2v) is 10.6. The standard InChI is InChI=1S/C27H54N2O4S/c1-5-7-9-12-17-25(18-13-10-8-6-2)33-26(31)19-14-11-15-20-29(21-16-23-30)27(32)34-24-22-28(3)4/h25,30H,5-24H2,1-4H3. The number of unbranched alkanes of at least 4 members (excludes halogenated alkanes) is 8. The summed E-state index contributed by atoms with van der Waals surface area (Å²) in [6.07, 6.45) is 15.4. The van der Waals surface area contributed by atoms with E-state index in [1.807, 2.05) is 19.0 Å². The first-order valence-electron chi connectivity index (χ1n) is 13.8. The lowest BCUT2D eigenvalue weighted by atomic mass is 10.0. The quantitative estimate of drug-likeness (QED) is 0.127. The molecular formula is C27H54N2O4S. The van der Waals surface area contributed by atoms with Crippen molar-refractivity contribution in [1.82, 2.24) is 9.80 Å². The number of nitrogens with zero attached hydrogens (tertiary/aromatic N) is 2. The highest BCUT2D eigenvalue weighted by molar-refractivity contribution is 8.13. The number of carbonyl (C=O) groups excluding carboxylic acids is 2. The van der Waals surface area contributed by atoms with Crippen molar-refractivity contribution in [1.29, 1.82) is 0 Å². The molecule has 6 nitrogen and oxygen atoms in total. The SMILES string of the molecule is CCCCCCC(CCCCCC)OC(=O)CCCCCN(CCCO)C(=O)SCCN(C)C. The lowest BCUT2D eigenvalue weighted by molar-refractivity contribution is -0.150. The van der Waals surface area contributed by atoms with E-state index in [4.69, 9.17) is 9.84 Å². The van der Waals surface area contributed by atoms with Crippen molar-refractivity contribution in [2.24, 2.45) is 0 Å². The van der Waals surface area contributed by atoms with Crippen LogP contribution in [0.5, 0.6) is 0 Å². The summed E-state index contributed by atoms with van der Waals surface area (Å²) in [6.45, 7) is 6.66. The van der Waals surface area contributed by atoms with Crippen LogP contribution in [0.15, 0.2) is 0 Å². The fourth-order valence-corrected chi connectivity index (χ4v) is 4.81. The lowest BCUT2D eigenvalue weighted by Gasteiger charge is -2.22. The molecule has 0 aromatic heterocycles. The number of rotatable bonds is 23. The Kier molecular flexibility index (Phi) is 23.4. The second kappa shape index (κ2) is 23.9. The van der Waals surface area contributed by atoms with Gasteiger partial charge >= 0.3 is 5.97 Å². The van der Waals surface area contributed by atoms with Crippen LogP contribution in [0.4, 0.5) is 4.79 Å². The molecule has 1 N–H and O–H groups in total. The maximum absolute atomic E-state index is 12.5. The molecule has 34 heavy (non-hydrogen) atoms. The molecule has 0 radical (unpaired) electrons. The van der Waals surface area contributed by atoms with E-state index in [-0.39, 0.29) is 23.9 Å². The fraction of sp³-hybridized carbons (Fsp3) is 0.926. The summed E-state index contributed by atoms with van der Waals surface area (Å²) in [5, 5.41) is 9.23. The van der Waals surface area contributed by atoms with E-state index in [0.717, 1.165) is 57.2 Å². The molecular weight excluding hydrogens is 448 g/mol. The molecule has 0 aliphatic carbocycles. The third kappa shape index (κ3) is 20.6. The van der Waals surface area contributed by atoms with Crippen molar-refractivity contribution < 1.29 is 19.4 Å². The van der Waals surface area contributed by atoms with Gasteiger partial charge in [0.05, 0.1) is 0 Å². The molecule has 0 saturated carbocycles. The van der Waals surface area contributed by atoms with E-state index in [2.05, 4.69) is 18.7 Å². The minimum absolute atomic E-state index is 0.0663. The number of thioether (sulfide) groups is 1. The van der Waals surface area contributed by atoms with Crippen LogP contribution in [0, 0.1) is 0 Å². The molecule has 0 spiro atoms. The molecule has 0 aliphatic rings. The smallest absolute Gasteiger partial charge is 0.306 e. The lowest BCUT2D eigenvalue weighted by Crippen LogP contribution is -2.31. The van der Waals surface area contributed by atoms with E-state index >= 15 is 0 Å². The van der Waals surface area contributed by atoms with Crippen LogP contribution >= 0.6 is 11.8 Å². The highest BCUT2D eigenvalue weighted by Crippen LogP contribution is 2.17. The Bertz CT molecular complexity index is 479. The Morgan fingerprint density at radius 1 is 0.794 bits per heavy atom. The first kappa shape index (κ1) is 33.2. The van der Waals surface area contributed by atoms with Crippen LogP contribution in [0.2, 0.25) is 0 Å². The molecule has 7 heteroatoms. The highest BCUT2D eigenvalue weighted by atomic mass is 32.2. The van der Waals surface area contributed by atoms with Gasteiger partial charge in [-0.1, -0.05) is 70.6 Å². The molecule has 202 valence electrons. The molecule has 0 atom stereocenters. The first-order chi connectivity index (χ1) is 16.4. The van der Waals surface area contributed by atoms with Gasteiger partial charge < -0.3 is 19.6 Å².